The minimum Gasteiger partial charge on any atom is -0.508 e. The van der Waals surface area contributed by atoms with Gasteiger partial charge in [-0.1, -0.05) is 12.1 Å². The summed E-state index contributed by atoms with van der Waals surface area (Å²) in [6, 6.07) is 3.68. The van der Waals surface area contributed by atoms with Crippen molar-refractivity contribution in [2.45, 2.75) is 18.5 Å². The lowest BCUT2D eigenvalue weighted by Gasteiger charge is -2.16. The summed E-state index contributed by atoms with van der Waals surface area (Å²) in [5.41, 5.74) is 5.93. The summed E-state index contributed by atoms with van der Waals surface area (Å²) < 4.78 is 0. The number of phenolic OH excluding ortho intramolecular Hbond substituents is 1. The Morgan fingerprint density at radius 3 is 2.32 bits per heavy atom. The first-order valence-electron chi connectivity index (χ1n) is 5.61. The molecule has 0 saturated heterocycles. The van der Waals surface area contributed by atoms with Crippen LogP contribution in [0.2, 0.25) is 0 Å². The number of carbonyl (C=O) groups excluding carboxylic acids is 1. The Labute approximate surface area is 109 Å². The molecule has 0 fully saturated rings. The molecule has 0 aromatic heterocycles. The highest BCUT2D eigenvalue weighted by molar-refractivity contribution is 5.87. The fraction of sp³-hybridized carbons (Fsp3) is 0.333. The number of carboxylic acids is 1. The third-order valence-electron chi connectivity index (χ3n) is 2.52. The van der Waals surface area contributed by atoms with Crippen molar-refractivity contribution in [1.82, 2.24) is 5.32 Å². The predicted octanol–water partition coefficient (Wildman–Crippen LogP) is -1.18. The molecule has 2 unspecified atom stereocenters. The van der Waals surface area contributed by atoms with Crippen LogP contribution in [0.25, 0.3) is 0 Å². The molecule has 1 aromatic carbocycles. The predicted molar refractivity (Wildman–Crippen MR) is 66.4 cm³/mol. The number of nitrogens with two attached hydrogens (primary N) is 1. The van der Waals surface area contributed by atoms with Crippen LogP contribution >= 0.6 is 0 Å². The van der Waals surface area contributed by atoms with Gasteiger partial charge in [-0.05, 0) is 17.7 Å². The number of carbonyl (C=O) groups is 2. The largest absolute Gasteiger partial charge is 0.508 e. The van der Waals surface area contributed by atoms with Crippen molar-refractivity contribution < 1.29 is 24.9 Å². The van der Waals surface area contributed by atoms with Crippen LogP contribution in [-0.2, 0) is 16.0 Å². The maximum Gasteiger partial charge on any atom is 0.326 e. The summed E-state index contributed by atoms with van der Waals surface area (Å²) in [5.74, 6) is -1.86. The van der Waals surface area contributed by atoms with Gasteiger partial charge >= 0.3 is 5.97 Å². The van der Waals surface area contributed by atoms with E-state index in [0.717, 1.165) is 0 Å². The summed E-state index contributed by atoms with van der Waals surface area (Å²) >= 11 is 0. The molecule has 0 radical (unpaired) electrons. The number of aliphatic hydroxyl groups excluding tert-OH is 1. The molecule has 7 heteroatoms. The number of benzene rings is 1. The summed E-state index contributed by atoms with van der Waals surface area (Å²) in [6.45, 7) is -0.558. The number of carboxylic acid groups (broad SMARTS) is 1. The maximum absolute atomic E-state index is 11.4. The Morgan fingerprint density at radius 2 is 1.84 bits per heavy atom. The summed E-state index contributed by atoms with van der Waals surface area (Å²) in [6.07, 6.45) is 0.0551. The number of hydrogen-bond acceptors (Lipinski definition) is 5. The van der Waals surface area contributed by atoms with Crippen LogP contribution < -0.4 is 11.1 Å². The van der Waals surface area contributed by atoms with E-state index < -0.39 is 30.6 Å². The van der Waals surface area contributed by atoms with Gasteiger partial charge in [0.05, 0.1) is 6.61 Å². The molecule has 1 rings (SSSR count). The molecule has 0 aliphatic carbocycles. The normalized spacial score (nSPS) is 13.6. The van der Waals surface area contributed by atoms with Crippen molar-refractivity contribution in [1.29, 1.82) is 0 Å². The lowest BCUT2D eigenvalue weighted by molar-refractivity contribution is -0.142. The molecule has 1 amide bonds. The van der Waals surface area contributed by atoms with Gasteiger partial charge in [0, 0.05) is 6.42 Å². The van der Waals surface area contributed by atoms with Crippen molar-refractivity contribution in [2.75, 3.05) is 6.61 Å². The van der Waals surface area contributed by atoms with Crippen LogP contribution in [0.3, 0.4) is 0 Å². The molecule has 0 bridgehead atoms. The molecule has 1 aromatic rings. The quantitative estimate of drug-likeness (QED) is 0.441. The van der Waals surface area contributed by atoms with Crippen LogP contribution in [0.1, 0.15) is 5.56 Å². The third-order valence-corrected chi connectivity index (χ3v) is 2.52. The Balaban J connectivity index is 2.71. The SMILES string of the molecule is NC(CO)C(=O)NC(Cc1ccc(O)cc1)C(=O)O. The summed E-state index contributed by atoms with van der Waals surface area (Å²) in [7, 11) is 0. The molecule has 7 nitrogen and oxygen atoms in total. The van der Waals surface area contributed by atoms with Gasteiger partial charge < -0.3 is 26.4 Å². The first kappa shape index (κ1) is 14.9. The monoisotopic (exact) mass is 268 g/mol. The Bertz CT molecular complexity index is 446. The molecular formula is C12H16N2O5. The van der Waals surface area contributed by atoms with Crippen LogP contribution in [0.5, 0.6) is 5.75 Å². The molecule has 0 aliphatic heterocycles. The second-order valence-electron chi connectivity index (χ2n) is 4.06. The Morgan fingerprint density at radius 1 is 1.26 bits per heavy atom. The topological polar surface area (TPSA) is 133 Å². The van der Waals surface area contributed by atoms with Crippen molar-refractivity contribution in [3.63, 3.8) is 0 Å². The zero-order chi connectivity index (χ0) is 14.4. The minimum absolute atomic E-state index is 0.0551. The first-order valence-corrected chi connectivity index (χ1v) is 5.61. The number of hydrogen-bond donors (Lipinski definition) is 5. The number of amides is 1. The molecule has 0 spiro atoms. The number of nitrogens with one attached hydrogen (secondary N) is 1. The third kappa shape index (κ3) is 4.57. The zero-order valence-electron chi connectivity index (χ0n) is 10.1. The lowest BCUT2D eigenvalue weighted by Crippen LogP contribution is -2.50. The van der Waals surface area contributed by atoms with E-state index in [9.17, 15) is 9.59 Å². The number of aliphatic hydroxyl groups is 1. The molecule has 2 atom stereocenters. The zero-order valence-corrected chi connectivity index (χ0v) is 10.1. The van der Waals surface area contributed by atoms with Crippen molar-refractivity contribution in [3.05, 3.63) is 29.8 Å². The molecule has 104 valence electrons. The molecule has 0 aliphatic rings. The molecule has 0 saturated carbocycles. The van der Waals surface area contributed by atoms with Gasteiger partial charge in [-0.3, -0.25) is 4.79 Å². The van der Waals surface area contributed by atoms with E-state index in [-0.39, 0.29) is 12.2 Å². The van der Waals surface area contributed by atoms with Crippen molar-refractivity contribution in [2.24, 2.45) is 5.73 Å². The van der Waals surface area contributed by atoms with Gasteiger partial charge in [0.2, 0.25) is 5.91 Å². The Kier molecular flexibility index (Phi) is 5.28. The van der Waals surface area contributed by atoms with E-state index in [4.69, 9.17) is 21.1 Å². The first-order chi connectivity index (χ1) is 8.93. The van der Waals surface area contributed by atoms with E-state index in [0.29, 0.717) is 5.56 Å². The van der Waals surface area contributed by atoms with E-state index in [1.165, 1.54) is 12.1 Å². The minimum atomic E-state index is -1.20. The number of aromatic hydroxyl groups is 1. The van der Waals surface area contributed by atoms with E-state index in [1.807, 2.05) is 0 Å². The fourth-order valence-electron chi connectivity index (χ4n) is 1.43. The highest BCUT2D eigenvalue weighted by Crippen LogP contribution is 2.11. The van der Waals surface area contributed by atoms with E-state index >= 15 is 0 Å². The number of rotatable bonds is 6. The molecular weight excluding hydrogens is 252 g/mol. The van der Waals surface area contributed by atoms with Gasteiger partial charge in [0.15, 0.2) is 0 Å². The standard InChI is InChI=1S/C12H16N2O5/c13-9(6-15)11(17)14-10(12(18)19)5-7-1-3-8(16)4-2-7/h1-4,9-10,15-16H,5-6,13H2,(H,14,17)(H,18,19). The summed E-state index contributed by atoms with van der Waals surface area (Å²) in [5, 5.41) is 29.1. The highest BCUT2D eigenvalue weighted by Gasteiger charge is 2.23. The highest BCUT2D eigenvalue weighted by atomic mass is 16.4. The average Bonchev–Trinajstić information content (AvgIpc) is 2.39. The molecule has 0 heterocycles. The summed E-state index contributed by atoms with van der Waals surface area (Å²) in [4.78, 5) is 22.5. The second-order valence-corrected chi connectivity index (χ2v) is 4.06. The smallest absolute Gasteiger partial charge is 0.326 e. The van der Waals surface area contributed by atoms with Gasteiger partial charge in [-0.2, -0.15) is 0 Å². The Hall–Kier alpha value is -2.12. The fourth-order valence-corrected chi connectivity index (χ4v) is 1.43. The maximum atomic E-state index is 11.4. The van der Waals surface area contributed by atoms with E-state index in [1.54, 1.807) is 12.1 Å². The van der Waals surface area contributed by atoms with Crippen LogP contribution in [0, 0.1) is 0 Å². The van der Waals surface area contributed by atoms with E-state index in [2.05, 4.69) is 5.32 Å². The number of phenols is 1. The van der Waals surface area contributed by atoms with Gasteiger partial charge in [-0.25, -0.2) is 4.79 Å². The van der Waals surface area contributed by atoms with Crippen LogP contribution in [0.15, 0.2) is 24.3 Å². The number of aliphatic carboxylic acids is 1. The van der Waals surface area contributed by atoms with Crippen molar-refractivity contribution in [3.8, 4) is 5.75 Å². The molecule has 19 heavy (non-hydrogen) atoms. The molecule has 6 N–H and O–H groups in total. The second kappa shape index (κ2) is 6.72. The average molecular weight is 268 g/mol. The van der Waals surface area contributed by atoms with Crippen molar-refractivity contribution >= 4 is 11.9 Å². The van der Waals surface area contributed by atoms with Gasteiger partial charge in [0.25, 0.3) is 0 Å². The van der Waals surface area contributed by atoms with Gasteiger partial charge in [0.1, 0.15) is 17.8 Å². The van der Waals surface area contributed by atoms with Crippen LogP contribution in [-0.4, -0.2) is 45.9 Å². The van der Waals surface area contributed by atoms with Crippen LogP contribution in [0.4, 0.5) is 0 Å². The lowest BCUT2D eigenvalue weighted by atomic mass is 10.1. The van der Waals surface area contributed by atoms with Gasteiger partial charge in [-0.15, -0.1) is 0 Å².